The number of nitrogens with zero attached hydrogens (tertiary/aromatic N) is 3. The van der Waals surface area contributed by atoms with E-state index < -0.39 is 0 Å². The second-order valence-corrected chi connectivity index (χ2v) is 6.01. The maximum absolute atomic E-state index is 12.4. The lowest BCUT2D eigenvalue weighted by Gasteiger charge is -2.34. The number of piperazine rings is 1. The SMILES string of the molecule is CCOc1ccc(NC(=O)N2CCN(Cc3ccncc3)CC2)cc1. The van der Waals surface area contributed by atoms with Gasteiger partial charge in [0.05, 0.1) is 6.61 Å². The lowest BCUT2D eigenvalue weighted by Crippen LogP contribution is -2.49. The predicted molar refractivity (Wildman–Crippen MR) is 97.7 cm³/mol. The molecule has 0 saturated carbocycles. The first kappa shape index (κ1) is 17.2. The molecule has 0 unspecified atom stereocenters. The van der Waals surface area contributed by atoms with Crippen molar-refractivity contribution < 1.29 is 9.53 Å². The van der Waals surface area contributed by atoms with Crippen LogP contribution in [0, 0.1) is 0 Å². The van der Waals surface area contributed by atoms with Gasteiger partial charge < -0.3 is 15.0 Å². The van der Waals surface area contributed by atoms with E-state index in [2.05, 4.69) is 15.2 Å². The Morgan fingerprint density at radius 2 is 1.76 bits per heavy atom. The summed E-state index contributed by atoms with van der Waals surface area (Å²) in [6, 6.07) is 11.5. The molecule has 6 nitrogen and oxygen atoms in total. The minimum atomic E-state index is -0.0484. The second-order valence-electron chi connectivity index (χ2n) is 6.01. The van der Waals surface area contributed by atoms with Gasteiger partial charge in [-0.3, -0.25) is 9.88 Å². The van der Waals surface area contributed by atoms with Crippen molar-refractivity contribution in [2.45, 2.75) is 13.5 Å². The average molecular weight is 340 g/mol. The molecule has 3 rings (SSSR count). The fourth-order valence-electron chi connectivity index (χ4n) is 2.86. The van der Waals surface area contributed by atoms with E-state index in [1.54, 1.807) is 0 Å². The summed E-state index contributed by atoms with van der Waals surface area (Å²) in [6.07, 6.45) is 3.63. The van der Waals surface area contributed by atoms with E-state index in [0.29, 0.717) is 6.61 Å². The molecule has 1 saturated heterocycles. The fourth-order valence-corrected chi connectivity index (χ4v) is 2.86. The summed E-state index contributed by atoms with van der Waals surface area (Å²) >= 11 is 0. The van der Waals surface area contributed by atoms with Crippen molar-refractivity contribution in [3.8, 4) is 5.75 Å². The molecule has 1 aliphatic heterocycles. The summed E-state index contributed by atoms with van der Waals surface area (Å²) < 4.78 is 5.41. The smallest absolute Gasteiger partial charge is 0.321 e. The highest BCUT2D eigenvalue weighted by Gasteiger charge is 2.21. The zero-order chi connectivity index (χ0) is 17.5. The Bertz CT molecular complexity index is 668. The number of urea groups is 1. The molecule has 2 heterocycles. The molecule has 0 atom stereocenters. The molecule has 6 heteroatoms. The van der Waals surface area contributed by atoms with Crippen molar-refractivity contribution in [3.05, 3.63) is 54.4 Å². The minimum absolute atomic E-state index is 0.0484. The van der Waals surface area contributed by atoms with Crippen molar-refractivity contribution >= 4 is 11.7 Å². The van der Waals surface area contributed by atoms with Gasteiger partial charge in [-0.2, -0.15) is 0 Å². The van der Waals surface area contributed by atoms with Crippen molar-refractivity contribution in [1.82, 2.24) is 14.8 Å². The number of hydrogen-bond donors (Lipinski definition) is 1. The minimum Gasteiger partial charge on any atom is -0.494 e. The third kappa shape index (κ3) is 4.93. The summed E-state index contributed by atoms with van der Waals surface area (Å²) in [5.41, 5.74) is 2.04. The van der Waals surface area contributed by atoms with Gasteiger partial charge in [-0.15, -0.1) is 0 Å². The van der Waals surface area contributed by atoms with E-state index in [1.165, 1.54) is 5.56 Å². The highest BCUT2D eigenvalue weighted by Crippen LogP contribution is 2.16. The van der Waals surface area contributed by atoms with Crippen molar-refractivity contribution in [1.29, 1.82) is 0 Å². The van der Waals surface area contributed by atoms with Gasteiger partial charge in [0, 0.05) is 50.8 Å². The Balaban J connectivity index is 1.46. The molecule has 0 radical (unpaired) electrons. The molecule has 1 N–H and O–H groups in total. The number of amides is 2. The number of rotatable bonds is 5. The maximum atomic E-state index is 12.4. The number of carbonyl (C=O) groups is 1. The summed E-state index contributed by atoms with van der Waals surface area (Å²) in [5.74, 6) is 0.810. The van der Waals surface area contributed by atoms with Crippen LogP contribution in [-0.4, -0.2) is 53.6 Å². The van der Waals surface area contributed by atoms with Crippen LogP contribution < -0.4 is 10.1 Å². The molecule has 2 aromatic rings. The van der Waals surface area contributed by atoms with Crippen LogP contribution >= 0.6 is 0 Å². The third-order valence-electron chi connectivity index (χ3n) is 4.23. The number of hydrogen-bond acceptors (Lipinski definition) is 4. The highest BCUT2D eigenvalue weighted by molar-refractivity contribution is 5.89. The van der Waals surface area contributed by atoms with Crippen molar-refractivity contribution in [2.24, 2.45) is 0 Å². The lowest BCUT2D eigenvalue weighted by molar-refractivity contribution is 0.143. The molecule has 2 amide bonds. The maximum Gasteiger partial charge on any atom is 0.321 e. The zero-order valence-corrected chi connectivity index (χ0v) is 14.5. The quantitative estimate of drug-likeness (QED) is 0.909. The Morgan fingerprint density at radius 1 is 1.08 bits per heavy atom. The van der Waals surface area contributed by atoms with Crippen LogP contribution in [0.25, 0.3) is 0 Å². The standard InChI is InChI=1S/C19H24N4O2/c1-2-25-18-5-3-17(4-6-18)21-19(24)23-13-11-22(12-14-23)15-16-7-9-20-10-8-16/h3-10H,2,11-15H2,1H3,(H,21,24). The molecular weight excluding hydrogens is 316 g/mol. The second kappa shape index (κ2) is 8.48. The van der Waals surface area contributed by atoms with E-state index in [1.807, 2.05) is 60.6 Å². The summed E-state index contributed by atoms with van der Waals surface area (Å²) in [4.78, 5) is 20.7. The van der Waals surface area contributed by atoms with Gasteiger partial charge in [-0.1, -0.05) is 0 Å². The molecule has 0 aliphatic carbocycles. The number of anilines is 1. The van der Waals surface area contributed by atoms with Gasteiger partial charge in [0.15, 0.2) is 0 Å². The van der Waals surface area contributed by atoms with Crippen LogP contribution in [0.15, 0.2) is 48.8 Å². The van der Waals surface area contributed by atoms with E-state index in [-0.39, 0.29) is 6.03 Å². The van der Waals surface area contributed by atoms with Gasteiger partial charge in [-0.05, 0) is 48.9 Å². The molecule has 1 aliphatic rings. The largest absolute Gasteiger partial charge is 0.494 e. The Morgan fingerprint density at radius 3 is 2.40 bits per heavy atom. The molecule has 1 aromatic heterocycles. The number of pyridine rings is 1. The van der Waals surface area contributed by atoms with E-state index in [9.17, 15) is 4.79 Å². The summed E-state index contributed by atoms with van der Waals surface area (Å²) in [7, 11) is 0. The molecule has 0 spiro atoms. The van der Waals surface area contributed by atoms with Crippen LogP contribution in [0.5, 0.6) is 5.75 Å². The normalized spacial score (nSPS) is 15.0. The van der Waals surface area contributed by atoms with Gasteiger partial charge in [0.25, 0.3) is 0 Å². The third-order valence-corrected chi connectivity index (χ3v) is 4.23. The molecule has 1 fully saturated rings. The topological polar surface area (TPSA) is 57.7 Å². The predicted octanol–water partition coefficient (Wildman–Crippen LogP) is 2.83. The summed E-state index contributed by atoms with van der Waals surface area (Å²) in [5, 5.41) is 2.95. The van der Waals surface area contributed by atoms with Gasteiger partial charge in [-0.25, -0.2) is 4.79 Å². The number of ether oxygens (including phenoxy) is 1. The molecule has 1 aromatic carbocycles. The van der Waals surface area contributed by atoms with E-state index in [4.69, 9.17) is 4.74 Å². The van der Waals surface area contributed by atoms with E-state index >= 15 is 0 Å². The van der Waals surface area contributed by atoms with Crippen LogP contribution in [0.1, 0.15) is 12.5 Å². The number of carbonyl (C=O) groups excluding carboxylic acids is 1. The Hall–Kier alpha value is -2.60. The first-order chi connectivity index (χ1) is 12.2. The first-order valence-corrected chi connectivity index (χ1v) is 8.64. The number of nitrogens with one attached hydrogen (secondary N) is 1. The monoisotopic (exact) mass is 340 g/mol. The van der Waals surface area contributed by atoms with Gasteiger partial charge in [0.1, 0.15) is 5.75 Å². The highest BCUT2D eigenvalue weighted by atomic mass is 16.5. The number of aromatic nitrogens is 1. The van der Waals surface area contributed by atoms with Gasteiger partial charge >= 0.3 is 6.03 Å². The molecule has 132 valence electrons. The lowest BCUT2D eigenvalue weighted by atomic mass is 10.2. The Labute approximate surface area is 148 Å². The molecular formula is C19H24N4O2. The zero-order valence-electron chi connectivity index (χ0n) is 14.5. The van der Waals surface area contributed by atoms with Gasteiger partial charge in [0.2, 0.25) is 0 Å². The van der Waals surface area contributed by atoms with Crippen LogP contribution in [0.2, 0.25) is 0 Å². The summed E-state index contributed by atoms with van der Waals surface area (Å²) in [6.45, 7) is 6.69. The van der Waals surface area contributed by atoms with Crippen LogP contribution in [0.4, 0.5) is 10.5 Å². The van der Waals surface area contributed by atoms with E-state index in [0.717, 1.165) is 44.2 Å². The average Bonchev–Trinajstić information content (AvgIpc) is 2.65. The fraction of sp³-hybridized carbons (Fsp3) is 0.368. The first-order valence-electron chi connectivity index (χ1n) is 8.64. The molecule has 0 bridgehead atoms. The van der Waals surface area contributed by atoms with Crippen LogP contribution in [0.3, 0.4) is 0 Å². The van der Waals surface area contributed by atoms with Crippen molar-refractivity contribution in [3.63, 3.8) is 0 Å². The van der Waals surface area contributed by atoms with Crippen molar-refractivity contribution in [2.75, 3.05) is 38.1 Å². The molecule has 25 heavy (non-hydrogen) atoms. The Kier molecular flexibility index (Phi) is 5.85. The van der Waals surface area contributed by atoms with Crippen LogP contribution in [-0.2, 0) is 6.54 Å². The number of benzene rings is 1.